The summed E-state index contributed by atoms with van der Waals surface area (Å²) in [6.07, 6.45) is -2.01. The number of rotatable bonds is 2. The van der Waals surface area contributed by atoms with Crippen LogP contribution in [0.25, 0.3) is 0 Å². The number of hydrogen-bond acceptors (Lipinski definition) is 1. The molecular formula is C11H8BrF3O. The molecule has 1 nitrogen and oxygen atoms in total. The van der Waals surface area contributed by atoms with Crippen LogP contribution in [-0.4, -0.2) is 5.78 Å². The van der Waals surface area contributed by atoms with E-state index in [0.717, 1.165) is 18.2 Å². The maximum atomic E-state index is 12.6. The third-order valence-corrected chi connectivity index (χ3v) is 2.36. The van der Waals surface area contributed by atoms with Gasteiger partial charge in [-0.05, 0) is 31.2 Å². The van der Waals surface area contributed by atoms with Gasteiger partial charge in [0.05, 0.1) is 5.56 Å². The lowest BCUT2D eigenvalue weighted by molar-refractivity contribution is -0.137. The quantitative estimate of drug-likeness (QED) is 0.589. The molecule has 0 amide bonds. The SMILES string of the molecule is CC=CC(=O)c1ccc(Br)cc1C(F)(F)F. The van der Waals surface area contributed by atoms with Crippen LogP contribution in [0.5, 0.6) is 0 Å². The Morgan fingerprint density at radius 2 is 2.00 bits per heavy atom. The fourth-order valence-electron chi connectivity index (χ4n) is 1.21. The number of alkyl halides is 3. The molecule has 0 bridgehead atoms. The van der Waals surface area contributed by atoms with E-state index >= 15 is 0 Å². The summed E-state index contributed by atoms with van der Waals surface area (Å²) < 4.78 is 38.2. The standard InChI is InChI=1S/C11H8BrF3O/c1-2-3-10(16)8-5-4-7(12)6-9(8)11(13,14)15/h2-6H,1H3. The first-order valence-corrected chi connectivity index (χ1v) is 5.19. The molecule has 0 aliphatic rings. The highest BCUT2D eigenvalue weighted by Gasteiger charge is 2.34. The molecule has 1 aromatic rings. The van der Waals surface area contributed by atoms with Gasteiger partial charge in [-0.25, -0.2) is 0 Å². The van der Waals surface area contributed by atoms with Crippen molar-refractivity contribution in [3.05, 3.63) is 46.0 Å². The van der Waals surface area contributed by atoms with Crippen LogP contribution in [0.15, 0.2) is 34.8 Å². The van der Waals surface area contributed by atoms with Crippen molar-refractivity contribution in [1.29, 1.82) is 0 Å². The van der Waals surface area contributed by atoms with Crippen LogP contribution in [0.3, 0.4) is 0 Å². The van der Waals surface area contributed by atoms with Crippen molar-refractivity contribution in [2.24, 2.45) is 0 Å². The molecule has 0 N–H and O–H groups in total. The van der Waals surface area contributed by atoms with Gasteiger partial charge >= 0.3 is 6.18 Å². The Morgan fingerprint density at radius 1 is 1.38 bits per heavy atom. The molecule has 0 atom stereocenters. The highest BCUT2D eigenvalue weighted by molar-refractivity contribution is 9.10. The minimum atomic E-state index is -4.53. The van der Waals surface area contributed by atoms with Crippen LogP contribution in [-0.2, 0) is 6.18 Å². The van der Waals surface area contributed by atoms with Crippen LogP contribution in [0, 0.1) is 0 Å². The van der Waals surface area contributed by atoms with E-state index in [9.17, 15) is 18.0 Å². The summed E-state index contributed by atoms with van der Waals surface area (Å²) in [6.45, 7) is 1.57. The van der Waals surface area contributed by atoms with Gasteiger partial charge in [0, 0.05) is 10.0 Å². The van der Waals surface area contributed by atoms with Gasteiger partial charge in [0.25, 0.3) is 0 Å². The van der Waals surface area contributed by atoms with Gasteiger partial charge < -0.3 is 0 Å². The minimum Gasteiger partial charge on any atom is -0.289 e. The molecule has 86 valence electrons. The van der Waals surface area contributed by atoms with E-state index in [1.165, 1.54) is 12.1 Å². The van der Waals surface area contributed by atoms with E-state index in [1.54, 1.807) is 6.92 Å². The minimum absolute atomic E-state index is 0.289. The Kier molecular flexibility index (Phi) is 3.91. The van der Waals surface area contributed by atoms with Crippen LogP contribution in [0.4, 0.5) is 13.2 Å². The number of allylic oxidation sites excluding steroid dienone is 2. The first-order valence-electron chi connectivity index (χ1n) is 4.40. The highest BCUT2D eigenvalue weighted by atomic mass is 79.9. The van der Waals surface area contributed by atoms with Crippen molar-refractivity contribution >= 4 is 21.7 Å². The average Bonchev–Trinajstić information content (AvgIpc) is 2.16. The van der Waals surface area contributed by atoms with E-state index in [-0.39, 0.29) is 10.0 Å². The molecule has 0 aliphatic heterocycles. The zero-order chi connectivity index (χ0) is 12.3. The van der Waals surface area contributed by atoms with E-state index < -0.39 is 17.5 Å². The number of carbonyl (C=O) groups is 1. The Morgan fingerprint density at radius 3 is 2.50 bits per heavy atom. The topological polar surface area (TPSA) is 17.1 Å². The largest absolute Gasteiger partial charge is 0.417 e. The van der Waals surface area contributed by atoms with Crippen LogP contribution in [0.1, 0.15) is 22.8 Å². The molecule has 0 aliphatic carbocycles. The lowest BCUT2D eigenvalue weighted by Gasteiger charge is -2.11. The summed E-state index contributed by atoms with van der Waals surface area (Å²) in [5, 5.41) is 0. The van der Waals surface area contributed by atoms with Gasteiger partial charge in [0.1, 0.15) is 0 Å². The summed E-state index contributed by atoms with van der Waals surface area (Å²) in [6, 6.07) is 3.47. The molecule has 0 heterocycles. The van der Waals surface area contributed by atoms with Gasteiger partial charge in [-0.3, -0.25) is 4.79 Å². The van der Waals surface area contributed by atoms with Crippen molar-refractivity contribution < 1.29 is 18.0 Å². The van der Waals surface area contributed by atoms with E-state index in [1.807, 2.05) is 0 Å². The zero-order valence-electron chi connectivity index (χ0n) is 8.31. The van der Waals surface area contributed by atoms with Crippen LogP contribution in [0.2, 0.25) is 0 Å². The maximum Gasteiger partial charge on any atom is 0.417 e. The third-order valence-electron chi connectivity index (χ3n) is 1.87. The lowest BCUT2D eigenvalue weighted by atomic mass is 10.0. The third kappa shape index (κ3) is 2.95. The molecule has 0 saturated carbocycles. The van der Waals surface area contributed by atoms with Crippen LogP contribution >= 0.6 is 15.9 Å². The van der Waals surface area contributed by atoms with E-state index in [2.05, 4.69) is 15.9 Å². The van der Waals surface area contributed by atoms with Gasteiger partial charge in [0.15, 0.2) is 5.78 Å². The molecule has 16 heavy (non-hydrogen) atoms. The molecule has 0 radical (unpaired) electrons. The second kappa shape index (κ2) is 4.82. The van der Waals surface area contributed by atoms with Gasteiger partial charge in [-0.2, -0.15) is 13.2 Å². The molecule has 0 saturated heterocycles. The van der Waals surface area contributed by atoms with Crippen molar-refractivity contribution in [2.45, 2.75) is 13.1 Å². The molecule has 1 aromatic carbocycles. The predicted molar refractivity (Wildman–Crippen MR) is 58.3 cm³/mol. The lowest BCUT2D eigenvalue weighted by Crippen LogP contribution is -2.12. The smallest absolute Gasteiger partial charge is 0.289 e. The Balaban J connectivity index is 3.34. The molecule has 1 rings (SSSR count). The second-order valence-electron chi connectivity index (χ2n) is 3.05. The molecule has 0 fully saturated rings. The molecule has 0 aromatic heterocycles. The monoisotopic (exact) mass is 292 g/mol. The van der Waals surface area contributed by atoms with E-state index in [0.29, 0.717) is 0 Å². The normalized spacial score (nSPS) is 12.1. The summed E-state index contributed by atoms with van der Waals surface area (Å²) in [5.74, 6) is -0.651. The zero-order valence-corrected chi connectivity index (χ0v) is 9.89. The molecular weight excluding hydrogens is 285 g/mol. The Labute approximate surface area is 99.1 Å². The first kappa shape index (κ1) is 13.0. The van der Waals surface area contributed by atoms with Gasteiger partial charge in [-0.15, -0.1) is 0 Å². The number of hydrogen-bond donors (Lipinski definition) is 0. The Hall–Kier alpha value is -1.10. The van der Waals surface area contributed by atoms with Crippen molar-refractivity contribution in [3.63, 3.8) is 0 Å². The predicted octanol–water partition coefficient (Wildman–Crippen LogP) is 4.23. The molecule has 0 unspecified atom stereocenters. The first-order chi connectivity index (χ1) is 7.36. The summed E-state index contributed by atoms with van der Waals surface area (Å²) >= 11 is 2.95. The number of benzene rings is 1. The van der Waals surface area contributed by atoms with Gasteiger partial charge in [0.2, 0.25) is 0 Å². The molecule has 5 heteroatoms. The van der Waals surface area contributed by atoms with Crippen molar-refractivity contribution in [3.8, 4) is 0 Å². The van der Waals surface area contributed by atoms with Crippen LogP contribution < -0.4 is 0 Å². The summed E-state index contributed by atoms with van der Waals surface area (Å²) in [5.41, 5.74) is -1.27. The van der Waals surface area contributed by atoms with E-state index in [4.69, 9.17) is 0 Å². The average molecular weight is 293 g/mol. The molecule has 0 spiro atoms. The fraction of sp³-hybridized carbons (Fsp3) is 0.182. The number of halogens is 4. The summed E-state index contributed by atoms with van der Waals surface area (Å²) in [7, 11) is 0. The number of carbonyl (C=O) groups excluding carboxylic acids is 1. The second-order valence-corrected chi connectivity index (χ2v) is 3.97. The van der Waals surface area contributed by atoms with Gasteiger partial charge in [-0.1, -0.05) is 22.0 Å². The Bertz CT molecular complexity index is 435. The maximum absolute atomic E-state index is 12.6. The number of ketones is 1. The fourth-order valence-corrected chi connectivity index (χ4v) is 1.57. The van der Waals surface area contributed by atoms with Crippen molar-refractivity contribution in [2.75, 3.05) is 0 Å². The van der Waals surface area contributed by atoms with Crippen molar-refractivity contribution in [1.82, 2.24) is 0 Å². The summed E-state index contributed by atoms with van der Waals surface area (Å²) in [4.78, 5) is 11.4. The highest BCUT2D eigenvalue weighted by Crippen LogP contribution is 2.34.